The Balaban J connectivity index is 1.90. The summed E-state index contributed by atoms with van der Waals surface area (Å²) in [6, 6.07) is 6.30. The van der Waals surface area contributed by atoms with E-state index in [2.05, 4.69) is 5.32 Å². The topological polar surface area (TPSA) is 32.3 Å². The third-order valence-corrected chi connectivity index (χ3v) is 2.87. The molecular formula is C12H15FN2O. The molecule has 1 heterocycles. The van der Waals surface area contributed by atoms with Crippen LogP contribution in [-0.2, 0) is 11.3 Å². The number of benzene rings is 1. The highest BCUT2D eigenvalue weighted by atomic mass is 19.1. The Labute approximate surface area is 94.3 Å². The molecule has 1 aromatic carbocycles. The Hall–Kier alpha value is -1.42. The maximum atomic E-state index is 12.9. The van der Waals surface area contributed by atoms with Crippen LogP contribution in [0.1, 0.15) is 12.0 Å². The van der Waals surface area contributed by atoms with Crippen molar-refractivity contribution in [3.05, 3.63) is 35.6 Å². The first-order valence-corrected chi connectivity index (χ1v) is 5.39. The van der Waals surface area contributed by atoms with Gasteiger partial charge >= 0.3 is 0 Å². The Bertz CT molecular complexity index is 394. The zero-order valence-corrected chi connectivity index (χ0v) is 9.24. The summed E-state index contributed by atoms with van der Waals surface area (Å²) >= 11 is 0. The van der Waals surface area contributed by atoms with Crippen LogP contribution in [-0.4, -0.2) is 30.4 Å². The molecule has 1 amide bonds. The number of likely N-dealkylation sites (N-methyl/N-ethyl adjacent to an activating group) is 1. The number of nitrogens with one attached hydrogen (secondary N) is 1. The van der Waals surface area contributed by atoms with Crippen LogP contribution in [0.15, 0.2) is 24.3 Å². The van der Waals surface area contributed by atoms with E-state index in [9.17, 15) is 9.18 Å². The van der Waals surface area contributed by atoms with Crippen LogP contribution in [0.3, 0.4) is 0 Å². The molecule has 1 saturated heterocycles. The van der Waals surface area contributed by atoms with Crippen LogP contribution in [0.4, 0.5) is 4.39 Å². The lowest BCUT2D eigenvalue weighted by molar-refractivity contribution is -0.128. The van der Waals surface area contributed by atoms with Gasteiger partial charge in [-0.05, 0) is 24.1 Å². The number of halogens is 1. The third kappa shape index (κ3) is 2.39. The van der Waals surface area contributed by atoms with E-state index in [-0.39, 0.29) is 17.8 Å². The first-order chi connectivity index (χ1) is 7.66. The molecular weight excluding hydrogens is 207 g/mol. The van der Waals surface area contributed by atoms with Crippen LogP contribution >= 0.6 is 0 Å². The second kappa shape index (κ2) is 4.61. The largest absolute Gasteiger partial charge is 0.344 e. The Morgan fingerprint density at radius 3 is 3.00 bits per heavy atom. The van der Waals surface area contributed by atoms with Crippen molar-refractivity contribution in [2.24, 2.45) is 0 Å². The summed E-state index contributed by atoms with van der Waals surface area (Å²) < 4.78 is 12.9. The van der Waals surface area contributed by atoms with Crippen molar-refractivity contribution >= 4 is 5.91 Å². The van der Waals surface area contributed by atoms with E-state index in [1.165, 1.54) is 12.1 Å². The lowest BCUT2D eigenvalue weighted by Crippen LogP contribution is -2.36. The lowest BCUT2D eigenvalue weighted by Gasteiger charge is -2.12. The average molecular weight is 222 g/mol. The van der Waals surface area contributed by atoms with Gasteiger partial charge in [-0.3, -0.25) is 4.79 Å². The molecule has 16 heavy (non-hydrogen) atoms. The molecule has 1 aromatic rings. The molecule has 1 fully saturated rings. The number of amides is 1. The highest BCUT2D eigenvalue weighted by molar-refractivity contribution is 5.83. The number of carbonyl (C=O) groups is 1. The fraction of sp³-hybridized carbons (Fsp3) is 0.417. The highest BCUT2D eigenvalue weighted by Crippen LogP contribution is 2.10. The van der Waals surface area contributed by atoms with Gasteiger partial charge in [-0.1, -0.05) is 12.1 Å². The van der Waals surface area contributed by atoms with Gasteiger partial charge in [-0.15, -0.1) is 0 Å². The summed E-state index contributed by atoms with van der Waals surface area (Å²) in [5.41, 5.74) is 0.863. The third-order valence-electron chi connectivity index (χ3n) is 2.87. The van der Waals surface area contributed by atoms with Gasteiger partial charge in [0.15, 0.2) is 0 Å². The molecule has 0 saturated carbocycles. The van der Waals surface area contributed by atoms with Gasteiger partial charge in [0.05, 0.1) is 6.04 Å². The van der Waals surface area contributed by atoms with Crippen LogP contribution in [0, 0.1) is 5.82 Å². The van der Waals surface area contributed by atoms with E-state index in [1.54, 1.807) is 18.0 Å². The summed E-state index contributed by atoms with van der Waals surface area (Å²) in [5, 5.41) is 3.15. The number of likely N-dealkylation sites (tertiary alicyclic amines) is 1. The van der Waals surface area contributed by atoms with Gasteiger partial charge in [0.1, 0.15) is 5.82 Å². The number of rotatable bonds is 3. The highest BCUT2D eigenvalue weighted by Gasteiger charge is 2.28. The van der Waals surface area contributed by atoms with Crippen molar-refractivity contribution in [2.75, 3.05) is 13.6 Å². The van der Waals surface area contributed by atoms with Crippen molar-refractivity contribution in [2.45, 2.75) is 19.0 Å². The van der Waals surface area contributed by atoms with Crippen molar-refractivity contribution < 1.29 is 9.18 Å². The first kappa shape index (κ1) is 11.1. The zero-order chi connectivity index (χ0) is 11.5. The molecule has 1 aliphatic rings. The van der Waals surface area contributed by atoms with Gasteiger partial charge in [0, 0.05) is 20.1 Å². The molecule has 86 valence electrons. The Morgan fingerprint density at radius 1 is 1.56 bits per heavy atom. The van der Waals surface area contributed by atoms with Crippen LogP contribution in [0.5, 0.6) is 0 Å². The van der Waals surface area contributed by atoms with E-state index in [1.807, 2.05) is 6.07 Å². The van der Waals surface area contributed by atoms with Crippen molar-refractivity contribution in [3.63, 3.8) is 0 Å². The number of carbonyl (C=O) groups excluding carboxylic acids is 1. The van der Waals surface area contributed by atoms with Crippen LogP contribution in [0.25, 0.3) is 0 Å². The second-order valence-corrected chi connectivity index (χ2v) is 4.11. The van der Waals surface area contributed by atoms with Gasteiger partial charge in [-0.2, -0.15) is 0 Å². The molecule has 2 rings (SSSR count). The molecule has 1 atom stereocenters. The molecule has 0 aliphatic carbocycles. The summed E-state index contributed by atoms with van der Waals surface area (Å²) in [7, 11) is 1.80. The second-order valence-electron chi connectivity index (χ2n) is 4.11. The van der Waals surface area contributed by atoms with E-state index in [0.29, 0.717) is 6.54 Å². The van der Waals surface area contributed by atoms with E-state index >= 15 is 0 Å². The lowest BCUT2D eigenvalue weighted by atomic mass is 10.2. The first-order valence-electron chi connectivity index (χ1n) is 5.39. The summed E-state index contributed by atoms with van der Waals surface area (Å²) in [6.45, 7) is 1.32. The average Bonchev–Trinajstić information content (AvgIpc) is 2.57. The summed E-state index contributed by atoms with van der Waals surface area (Å²) in [4.78, 5) is 13.3. The molecule has 0 aromatic heterocycles. The number of hydrogen-bond acceptors (Lipinski definition) is 2. The minimum absolute atomic E-state index is 0.117. The number of hydrogen-bond donors (Lipinski definition) is 1. The summed E-state index contributed by atoms with van der Waals surface area (Å²) in [5.74, 6) is -0.120. The smallest absolute Gasteiger partial charge is 0.239 e. The molecule has 1 unspecified atom stereocenters. The maximum Gasteiger partial charge on any atom is 0.239 e. The quantitative estimate of drug-likeness (QED) is 0.832. The maximum absolute atomic E-state index is 12.9. The van der Waals surface area contributed by atoms with Gasteiger partial charge in [0.25, 0.3) is 0 Å². The van der Waals surface area contributed by atoms with E-state index in [4.69, 9.17) is 0 Å². The van der Waals surface area contributed by atoms with Crippen molar-refractivity contribution in [3.8, 4) is 0 Å². The fourth-order valence-electron chi connectivity index (χ4n) is 1.90. The minimum Gasteiger partial charge on any atom is -0.344 e. The normalized spacial score (nSPS) is 20.5. The Kier molecular flexibility index (Phi) is 3.19. The van der Waals surface area contributed by atoms with E-state index < -0.39 is 0 Å². The van der Waals surface area contributed by atoms with Gasteiger partial charge < -0.3 is 10.2 Å². The predicted molar refractivity (Wildman–Crippen MR) is 59.3 cm³/mol. The van der Waals surface area contributed by atoms with Crippen LogP contribution < -0.4 is 5.32 Å². The molecule has 0 spiro atoms. The monoisotopic (exact) mass is 222 g/mol. The predicted octanol–water partition coefficient (Wildman–Crippen LogP) is 1.15. The number of nitrogens with zero attached hydrogens (tertiary/aromatic N) is 1. The van der Waals surface area contributed by atoms with Crippen LogP contribution in [0.2, 0.25) is 0 Å². The van der Waals surface area contributed by atoms with E-state index in [0.717, 1.165) is 18.5 Å². The molecule has 1 aliphatic heterocycles. The molecule has 0 bridgehead atoms. The standard InChI is InChI=1S/C12H15FN2O/c1-15-6-5-11(12(15)16)14-8-9-3-2-4-10(13)7-9/h2-4,7,11,14H,5-6,8H2,1H3. The summed E-state index contributed by atoms with van der Waals surface area (Å²) in [6.07, 6.45) is 0.824. The van der Waals surface area contributed by atoms with Gasteiger partial charge in [-0.25, -0.2) is 4.39 Å². The van der Waals surface area contributed by atoms with Gasteiger partial charge in [0.2, 0.25) is 5.91 Å². The molecule has 1 N–H and O–H groups in total. The fourth-order valence-corrected chi connectivity index (χ4v) is 1.90. The Morgan fingerprint density at radius 2 is 2.38 bits per heavy atom. The molecule has 4 heteroatoms. The van der Waals surface area contributed by atoms with Crippen molar-refractivity contribution in [1.29, 1.82) is 0 Å². The zero-order valence-electron chi connectivity index (χ0n) is 9.24. The minimum atomic E-state index is -0.242. The van der Waals surface area contributed by atoms with Crippen molar-refractivity contribution in [1.82, 2.24) is 10.2 Å². The molecule has 3 nitrogen and oxygen atoms in total. The SMILES string of the molecule is CN1CCC(NCc2cccc(F)c2)C1=O. The molecule has 0 radical (unpaired) electrons.